The molecule has 0 bridgehead atoms. The molecule has 0 aromatic heterocycles. The van der Waals surface area contributed by atoms with E-state index >= 15 is 0 Å². The van der Waals surface area contributed by atoms with Gasteiger partial charge in [0.15, 0.2) is 0 Å². The van der Waals surface area contributed by atoms with Crippen molar-refractivity contribution in [1.29, 1.82) is 0 Å². The van der Waals surface area contributed by atoms with Crippen LogP contribution >= 0.6 is 0 Å². The van der Waals surface area contributed by atoms with Crippen molar-refractivity contribution in [1.82, 2.24) is 0 Å². The predicted molar refractivity (Wildman–Crippen MR) is 83.7 cm³/mol. The minimum atomic E-state index is -0.305. The summed E-state index contributed by atoms with van der Waals surface area (Å²) >= 11 is 0. The van der Waals surface area contributed by atoms with E-state index in [9.17, 15) is 4.79 Å². The summed E-state index contributed by atoms with van der Waals surface area (Å²) in [6.45, 7) is 0. The zero-order valence-corrected chi connectivity index (χ0v) is 12.1. The van der Waals surface area contributed by atoms with Crippen LogP contribution in [0.2, 0.25) is 0 Å². The lowest BCUT2D eigenvalue weighted by atomic mass is 9.84. The van der Waals surface area contributed by atoms with Gasteiger partial charge in [-0.05, 0) is 48.6 Å². The van der Waals surface area contributed by atoms with Crippen LogP contribution in [0.3, 0.4) is 0 Å². The maximum atomic E-state index is 12.0. The Balaban J connectivity index is 1.65. The minimum Gasteiger partial charge on any atom is -0.423 e. The molecule has 0 amide bonds. The summed E-state index contributed by atoms with van der Waals surface area (Å²) in [5.74, 6) is 0.988. The van der Waals surface area contributed by atoms with Gasteiger partial charge in [-0.25, -0.2) is 4.79 Å². The Hall–Kier alpha value is -2.09. The van der Waals surface area contributed by atoms with Gasteiger partial charge in [0.05, 0.1) is 5.56 Å². The van der Waals surface area contributed by atoms with Gasteiger partial charge in [-0.1, -0.05) is 49.6 Å². The van der Waals surface area contributed by atoms with Crippen molar-refractivity contribution in [3.05, 3.63) is 65.7 Å². The highest BCUT2D eigenvalue weighted by Gasteiger charge is 2.15. The molecule has 2 nitrogen and oxygen atoms in total. The molecular formula is C19H20O2. The summed E-state index contributed by atoms with van der Waals surface area (Å²) < 4.78 is 5.40. The normalized spacial score (nSPS) is 15.6. The Morgan fingerprint density at radius 3 is 2.19 bits per heavy atom. The van der Waals surface area contributed by atoms with Crippen LogP contribution in [0.25, 0.3) is 0 Å². The van der Waals surface area contributed by atoms with Crippen LogP contribution in [0, 0.1) is 0 Å². The molecule has 0 spiro atoms. The van der Waals surface area contributed by atoms with E-state index < -0.39 is 0 Å². The smallest absolute Gasteiger partial charge is 0.343 e. The average Bonchev–Trinajstić information content (AvgIpc) is 2.57. The summed E-state index contributed by atoms with van der Waals surface area (Å²) in [5, 5.41) is 0. The van der Waals surface area contributed by atoms with Gasteiger partial charge in [-0.15, -0.1) is 0 Å². The second-order valence-corrected chi connectivity index (χ2v) is 5.66. The van der Waals surface area contributed by atoms with E-state index in [0.717, 1.165) is 0 Å². The van der Waals surface area contributed by atoms with Gasteiger partial charge in [-0.3, -0.25) is 0 Å². The fourth-order valence-electron chi connectivity index (χ4n) is 2.98. The molecule has 0 heterocycles. The molecule has 1 saturated carbocycles. The zero-order valence-electron chi connectivity index (χ0n) is 12.1. The first-order valence-corrected chi connectivity index (χ1v) is 7.70. The van der Waals surface area contributed by atoms with Gasteiger partial charge in [0.2, 0.25) is 0 Å². The molecule has 1 fully saturated rings. The largest absolute Gasteiger partial charge is 0.423 e. The molecule has 0 saturated heterocycles. The standard InChI is InChI=1S/C19H20O2/c20-19(17-9-5-2-6-10-17)21-18-13-11-16(12-14-18)15-7-3-1-4-8-15/h2,5-6,9-15H,1,3-4,7-8H2. The third-order valence-corrected chi connectivity index (χ3v) is 4.18. The summed E-state index contributed by atoms with van der Waals surface area (Å²) in [4.78, 5) is 12.0. The van der Waals surface area contributed by atoms with Crippen LogP contribution in [0.1, 0.15) is 53.9 Å². The monoisotopic (exact) mass is 280 g/mol. The van der Waals surface area contributed by atoms with Crippen molar-refractivity contribution in [2.45, 2.75) is 38.0 Å². The van der Waals surface area contributed by atoms with Crippen LogP contribution in [-0.2, 0) is 0 Å². The van der Waals surface area contributed by atoms with Gasteiger partial charge < -0.3 is 4.74 Å². The van der Waals surface area contributed by atoms with Crippen molar-refractivity contribution < 1.29 is 9.53 Å². The average molecular weight is 280 g/mol. The van der Waals surface area contributed by atoms with Crippen molar-refractivity contribution in [2.24, 2.45) is 0 Å². The SMILES string of the molecule is O=C(Oc1ccc(C2CCCCC2)cc1)c1ccccc1. The second kappa shape index (κ2) is 6.57. The number of ether oxygens (including phenoxy) is 1. The maximum Gasteiger partial charge on any atom is 0.343 e. The molecule has 0 radical (unpaired) electrons. The zero-order chi connectivity index (χ0) is 14.5. The minimum absolute atomic E-state index is 0.305. The second-order valence-electron chi connectivity index (χ2n) is 5.66. The highest BCUT2D eigenvalue weighted by Crippen LogP contribution is 2.33. The first kappa shape index (κ1) is 13.9. The molecule has 21 heavy (non-hydrogen) atoms. The van der Waals surface area contributed by atoms with Crippen molar-refractivity contribution in [3.63, 3.8) is 0 Å². The summed E-state index contributed by atoms with van der Waals surface area (Å²) in [6, 6.07) is 17.1. The third kappa shape index (κ3) is 3.52. The number of carbonyl (C=O) groups is 1. The van der Waals surface area contributed by atoms with E-state index in [1.54, 1.807) is 12.1 Å². The summed E-state index contributed by atoms with van der Waals surface area (Å²) in [5.41, 5.74) is 1.95. The van der Waals surface area contributed by atoms with Gasteiger partial charge >= 0.3 is 5.97 Å². The van der Waals surface area contributed by atoms with Crippen molar-refractivity contribution in [2.75, 3.05) is 0 Å². The molecule has 2 heteroatoms. The van der Waals surface area contributed by atoms with Crippen LogP contribution in [-0.4, -0.2) is 5.97 Å². The Morgan fingerprint density at radius 2 is 1.52 bits per heavy atom. The molecule has 3 rings (SSSR count). The highest BCUT2D eigenvalue weighted by molar-refractivity contribution is 5.90. The van der Waals surface area contributed by atoms with Gasteiger partial charge in [0.25, 0.3) is 0 Å². The molecule has 1 aliphatic rings. The lowest BCUT2D eigenvalue weighted by molar-refractivity contribution is 0.0734. The van der Waals surface area contributed by atoms with E-state index in [1.165, 1.54) is 37.7 Å². The Labute approximate surface area is 125 Å². The lowest BCUT2D eigenvalue weighted by Gasteiger charge is -2.22. The molecular weight excluding hydrogens is 260 g/mol. The number of esters is 1. The van der Waals surface area contributed by atoms with E-state index in [1.807, 2.05) is 30.3 Å². The van der Waals surface area contributed by atoms with E-state index in [0.29, 0.717) is 17.2 Å². The van der Waals surface area contributed by atoms with Crippen LogP contribution < -0.4 is 4.74 Å². The summed E-state index contributed by atoms with van der Waals surface area (Å²) in [6.07, 6.45) is 6.58. The quantitative estimate of drug-likeness (QED) is 0.587. The molecule has 0 aliphatic heterocycles. The van der Waals surface area contributed by atoms with Crippen molar-refractivity contribution in [3.8, 4) is 5.75 Å². The molecule has 0 N–H and O–H groups in total. The maximum absolute atomic E-state index is 12.0. The molecule has 1 aliphatic carbocycles. The molecule has 0 unspecified atom stereocenters. The van der Waals surface area contributed by atoms with Crippen LogP contribution in [0.4, 0.5) is 0 Å². The number of benzene rings is 2. The summed E-state index contributed by atoms with van der Waals surface area (Å²) in [7, 11) is 0. The van der Waals surface area contributed by atoms with E-state index in [2.05, 4.69) is 12.1 Å². The fourth-order valence-corrected chi connectivity index (χ4v) is 2.98. The first-order chi connectivity index (χ1) is 10.3. The van der Waals surface area contributed by atoms with Gasteiger partial charge in [-0.2, -0.15) is 0 Å². The third-order valence-electron chi connectivity index (χ3n) is 4.18. The Kier molecular flexibility index (Phi) is 4.34. The van der Waals surface area contributed by atoms with Crippen molar-refractivity contribution >= 4 is 5.97 Å². The van der Waals surface area contributed by atoms with E-state index in [-0.39, 0.29) is 5.97 Å². The fraction of sp³-hybridized carbons (Fsp3) is 0.316. The molecule has 108 valence electrons. The number of carbonyl (C=O) groups excluding carboxylic acids is 1. The van der Waals surface area contributed by atoms with Gasteiger partial charge in [0, 0.05) is 0 Å². The predicted octanol–water partition coefficient (Wildman–Crippen LogP) is 4.95. The van der Waals surface area contributed by atoms with Gasteiger partial charge in [0.1, 0.15) is 5.75 Å². The Bertz CT molecular complexity index is 581. The molecule has 2 aromatic rings. The molecule has 0 atom stereocenters. The highest BCUT2D eigenvalue weighted by atomic mass is 16.5. The Morgan fingerprint density at radius 1 is 0.857 bits per heavy atom. The van der Waals surface area contributed by atoms with Crippen LogP contribution in [0.15, 0.2) is 54.6 Å². The number of hydrogen-bond acceptors (Lipinski definition) is 2. The molecule has 2 aromatic carbocycles. The van der Waals surface area contributed by atoms with Crippen LogP contribution in [0.5, 0.6) is 5.75 Å². The number of hydrogen-bond donors (Lipinski definition) is 0. The topological polar surface area (TPSA) is 26.3 Å². The lowest BCUT2D eigenvalue weighted by Crippen LogP contribution is -2.08. The number of rotatable bonds is 3. The van der Waals surface area contributed by atoms with E-state index in [4.69, 9.17) is 4.74 Å². The first-order valence-electron chi connectivity index (χ1n) is 7.70.